The minimum atomic E-state index is -0.512. The standard InChI is InChI=1S/C23H26N2O5/c1-29-19-12-18(13-20(14-19)30-2)23(28)25-24-22(27)10-9-21(26)17-8-7-15-5-3-4-6-16(15)11-17/h7-8,11-14H,3-6,9-10H2,1-2H3,(H,24,27)(H,25,28). The fourth-order valence-corrected chi connectivity index (χ4v) is 3.48. The molecule has 2 aromatic rings. The van der Waals surface area contributed by atoms with Crippen molar-refractivity contribution in [2.45, 2.75) is 38.5 Å². The maximum absolute atomic E-state index is 12.4. The van der Waals surface area contributed by atoms with E-state index in [2.05, 4.69) is 10.9 Å². The van der Waals surface area contributed by atoms with Crippen LogP contribution in [0.25, 0.3) is 0 Å². The van der Waals surface area contributed by atoms with E-state index in [-0.39, 0.29) is 24.2 Å². The number of hydrogen-bond acceptors (Lipinski definition) is 5. The lowest BCUT2D eigenvalue weighted by Crippen LogP contribution is -2.41. The lowest BCUT2D eigenvalue weighted by atomic mass is 9.89. The summed E-state index contributed by atoms with van der Waals surface area (Å²) in [6.45, 7) is 0. The summed E-state index contributed by atoms with van der Waals surface area (Å²) in [5.41, 5.74) is 8.14. The fourth-order valence-electron chi connectivity index (χ4n) is 3.48. The van der Waals surface area contributed by atoms with E-state index in [1.165, 1.54) is 43.9 Å². The lowest BCUT2D eigenvalue weighted by Gasteiger charge is -2.16. The molecule has 3 rings (SSSR count). The number of Topliss-reactive ketones (excluding diaryl/α,β-unsaturated/α-hetero) is 1. The van der Waals surface area contributed by atoms with E-state index in [9.17, 15) is 14.4 Å². The van der Waals surface area contributed by atoms with Gasteiger partial charge in [0.15, 0.2) is 5.78 Å². The zero-order valence-corrected chi connectivity index (χ0v) is 17.2. The number of benzene rings is 2. The van der Waals surface area contributed by atoms with Gasteiger partial charge in [-0.15, -0.1) is 0 Å². The third-order valence-electron chi connectivity index (χ3n) is 5.18. The normalized spacial score (nSPS) is 12.5. The van der Waals surface area contributed by atoms with Crippen molar-refractivity contribution < 1.29 is 23.9 Å². The highest BCUT2D eigenvalue weighted by molar-refractivity contribution is 5.99. The Morgan fingerprint density at radius 3 is 2.13 bits per heavy atom. The predicted octanol–water partition coefficient (Wildman–Crippen LogP) is 3.01. The number of hydrogen-bond donors (Lipinski definition) is 2. The van der Waals surface area contributed by atoms with E-state index in [4.69, 9.17) is 9.47 Å². The van der Waals surface area contributed by atoms with Gasteiger partial charge in [-0.05, 0) is 55.0 Å². The van der Waals surface area contributed by atoms with Crippen LogP contribution in [0.5, 0.6) is 11.5 Å². The van der Waals surface area contributed by atoms with Gasteiger partial charge in [-0.2, -0.15) is 0 Å². The zero-order valence-electron chi connectivity index (χ0n) is 17.2. The first kappa shape index (κ1) is 21.4. The van der Waals surface area contributed by atoms with Crippen LogP contribution in [-0.2, 0) is 17.6 Å². The minimum absolute atomic E-state index is 0.0162. The molecule has 7 heteroatoms. The molecule has 2 amide bonds. The van der Waals surface area contributed by atoms with E-state index >= 15 is 0 Å². The number of rotatable bonds is 7. The molecule has 0 aromatic heterocycles. The van der Waals surface area contributed by atoms with Crippen LogP contribution in [-0.4, -0.2) is 31.8 Å². The number of carbonyl (C=O) groups is 3. The minimum Gasteiger partial charge on any atom is -0.497 e. The Morgan fingerprint density at radius 1 is 0.800 bits per heavy atom. The van der Waals surface area contributed by atoms with Gasteiger partial charge in [-0.3, -0.25) is 25.2 Å². The molecule has 0 aliphatic heterocycles. The van der Waals surface area contributed by atoms with Crippen LogP contribution < -0.4 is 20.3 Å². The SMILES string of the molecule is COc1cc(OC)cc(C(=O)NNC(=O)CCC(=O)c2ccc3c(c2)CCCC3)c1. The first-order chi connectivity index (χ1) is 14.5. The van der Waals surface area contributed by atoms with E-state index in [1.54, 1.807) is 6.07 Å². The van der Waals surface area contributed by atoms with Gasteiger partial charge in [-0.25, -0.2) is 0 Å². The van der Waals surface area contributed by atoms with Gasteiger partial charge in [0.25, 0.3) is 5.91 Å². The van der Waals surface area contributed by atoms with Crippen LogP contribution in [0.2, 0.25) is 0 Å². The van der Waals surface area contributed by atoms with Crippen LogP contribution in [0.3, 0.4) is 0 Å². The second-order valence-corrected chi connectivity index (χ2v) is 7.22. The van der Waals surface area contributed by atoms with Gasteiger partial charge in [0.2, 0.25) is 5.91 Å². The summed E-state index contributed by atoms with van der Waals surface area (Å²) in [6, 6.07) is 10.5. The molecular weight excluding hydrogens is 384 g/mol. The Labute approximate surface area is 175 Å². The molecule has 0 bridgehead atoms. The average Bonchev–Trinajstić information content (AvgIpc) is 2.80. The fraction of sp³-hybridized carbons (Fsp3) is 0.348. The molecule has 0 saturated carbocycles. The molecule has 1 aliphatic carbocycles. The van der Waals surface area contributed by atoms with Crippen molar-refractivity contribution in [3.8, 4) is 11.5 Å². The highest BCUT2D eigenvalue weighted by Gasteiger charge is 2.15. The first-order valence-electron chi connectivity index (χ1n) is 9.97. The Morgan fingerprint density at radius 2 is 1.47 bits per heavy atom. The Bertz CT molecular complexity index is 932. The number of amides is 2. The third-order valence-corrected chi connectivity index (χ3v) is 5.18. The molecular formula is C23H26N2O5. The van der Waals surface area contributed by atoms with Crippen molar-refractivity contribution in [3.63, 3.8) is 0 Å². The molecule has 0 saturated heterocycles. The number of carbonyl (C=O) groups excluding carboxylic acids is 3. The summed E-state index contributed by atoms with van der Waals surface area (Å²) in [7, 11) is 2.97. The highest BCUT2D eigenvalue weighted by atomic mass is 16.5. The molecule has 1 aliphatic rings. The maximum Gasteiger partial charge on any atom is 0.269 e. The predicted molar refractivity (Wildman–Crippen MR) is 112 cm³/mol. The molecule has 0 unspecified atom stereocenters. The smallest absolute Gasteiger partial charge is 0.269 e. The van der Waals surface area contributed by atoms with Crippen molar-refractivity contribution >= 4 is 17.6 Å². The number of hydrazine groups is 1. The number of ether oxygens (including phenoxy) is 2. The summed E-state index contributed by atoms with van der Waals surface area (Å²) in [6.07, 6.45) is 4.45. The number of nitrogens with one attached hydrogen (secondary N) is 2. The topological polar surface area (TPSA) is 93.7 Å². The number of ketones is 1. The summed E-state index contributed by atoms with van der Waals surface area (Å²) in [5.74, 6) is -0.114. The number of fused-ring (bicyclic) bond motifs is 1. The van der Waals surface area contributed by atoms with Gasteiger partial charge in [0.05, 0.1) is 14.2 Å². The van der Waals surface area contributed by atoms with Crippen molar-refractivity contribution in [1.29, 1.82) is 0 Å². The zero-order chi connectivity index (χ0) is 21.5. The summed E-state index contributed by atoms with van der Waals surface area (Å²) < 4.78 is 10.3. The Hall–Kier alpha value is -3.35. The summed E-state index contributed by atoms with van der Waals surface area (Å²) >= 11 is 0. The summed E-state index contributed by atoms with van der Waals surface area (Å²) in [4.78, 5) is 36.8. The Kier molecular flexibility index (Phi) is 7.06. The van der Waals surface area contributed by atoms with Gasteiger partial charge in [0.1, 0.15) is 11.5 Å². The first-order valence-corrected chi connectivity index (χ1v) is 9.97. The van der Waals surface area contributed by atoms with Crippen LogP contribution in [0, 0.1) is 0 Å². The Balaban J connectivity index is 1.50. The van der Waals surface area contributed by atoms with Crippen LogP contribution in [0.15, 0.2) is 36.4 Å². The molecule has 2 N–H and O–H groups in total. The second kappa shape index (κ2) is 9.91. The van der Waals surface area contributed by atoms with Crippen LogP contribution in [0.4, 0.5) is 0 Å². The van der Waals surface area contributed by atoms with E-state index < -0.39 is 11.8 Å². The molecule has 2 aromatic carbocycles. The van der Waals surface area contributed by atoms with Gasteiger partial charge in [0, 0.05) is 30.0 Å². The maximum atomic E-state index is 12.4. The van der Waals surface area contributed by atoms with E-state index in [1.807, 2.05) is 18.2 Å². The quantitative estimate of drug-likeness (QED) is 0.541. The molecule has 7 nitrogen and oxygen atoms in total. The second-order valence-electron chi connectivity index (χ2n) is 7.22. The van der Waals surface area contributed by atoms with E-state index in [0.717, 1.165) is 19.3 Å². The monoisotopic (exact) mass is 410 g/mol. The largest absolute Gasteiger partial charge is 0.497 e. The molecule has 30 heavy (non-hydrogen) atoms. The average molecular weight is 410 g/mol. The number of aryl methyl sites for hydroxylation is 2. The van der Waals surface area contributed by atoms with Crippen molar-refractivity contribution in [2.24, 2.45) is 0 Å². The molecule has 0 atom stereocenters. The van der Waals surface area contributed by atoms with Crippen molar-refractivity contribution in [1.82, 2.24) is 10.9 Å². The molecule has 0 radical (unpaired) electrons. The highest BCUT2D eigenvalue weighted by Crippen LogP contribution is 2.23. The summed E-state index contributed by atoms with van der Waals surface area (Å²) in [5, 5.41) is 0. The molecule has 158 valence electrons. The van der Waals surface area contributed by atoms with Gasteiger partial charge >= 0.3 is 0 Å². The number of methoxy groups -OCH3 is 2. The third kappa shape index (κ3) is 5.37. The van der Waals surface area contributed by atoms with Crippen LogP contribution in [0.1, 0.15) is 57.5 Å². The molecule has 0 heterocycles. The van der Waals surface area contributed by atoms with Gasteiger partial charge in [-0.1, -0.05) is 12.1 Å². The van der Waals surface area contributed by atoms with Crippen molar-refractivity contribution in [2.75, 3.05) is 14.2 Å². The van der Waals surface area contributed by atoms with Crippen molar-refractivity contribution in [3.05, 3.63) is 58.7 Å². The van der Waals surface area contributed by atoms with E-state index in [0.29, 0.717) is 17.1 Å². The van der Waals surface area contributed by atoms with Crippen LogP contribution >= 0.6 is 0 Å². The molecule has 0 fully saturated rings. The molecule has 0 spiro atoms. The lowest BCUT2D eigenvalue weighted by molar-refractivity contribution is -0.121. The van der Waals surface area contributed by atoms with Gasteiger partial charge < -0.3 is 9.47 Å².